The highest BCUT2D eigenvalue weighted by Crippen LogP contribution is 2.13. The lowest BCUT2D eigenvalue weighted by atomic mass is 10.2. The molecule has 5 heteroatoms. The standard InChI is InChI=1S/C13H11N2O2.BrH/c16-15(17)13-6-4-5-12(11-13)7-10-14-8-2-1-3-9-14;/h1-11H;1H/q+1;/p-1/b10-7+;. The molecule has 0 fully saturated rings. The van der Waals surface area contributed by atoms with Crippen molar-refractivity contribution >= 4 is 18.0 Å². The molecule has 0 saturated heterocycles. The summed E-state index contributed by atoms with van der Waals surface area (Å²) in [5, 5.41) is 10.6. The largest absolute Gasteiger partial charge is 1.00 e. The average Bonchev–Trinajstić information content (AvgIpc) is 2.38. The first-order chi connectivity index (χ1) is 8.25. The number of benzene rings is 1. The SMILES string of the molecule is O=[N+]([O-])c1cccc(/C=C/[n+]2ccccc2)c1.[Br-]. The Balaban J connectivity index is 0.00000162. The molecule has 0 unspecified atom stereocenters. The fourth-order valence-corrected chi connectivity index (χ4v) is 1.43. The first-order valence-electron chi connectivity index (χ1n) is 5.14. The van der Waals surface area contributed by atoms with Gasteiger partial charge in [0.15, 0.2) is 18.6 Å². The molecule has 0 radical (unpaired) electrons. The number of hydrogen-bond acceptors (Lipinski definition) is 2. The van der Waals surface area contributed by atoms with Crippen molar-refractivity contribution in [2.45, 2.75) is 0 Å². The molecule has 1 heterocycles. The summed E-state index contributed by atoms with van der Waals surface area (Å²) in [5.74, 6) is 0. The highest BCUT2D eigenvalue weighted by atomic mass is 79.9. The summed E-state index contributed by atoms with van der Waals surface area (Å²) in [5.41, 5.74) is 0.903. The summed E-state index contributed by atoms with van der Waals surface area (Å²) in [6, 6.07) is 12.3. The number of hydrogen-bond donors (Lipinski definition) is 0. The lowest BCUT2D eigenvalue weighted by Crippen LogP contribution is -3.00. The summed E-state index contributed by atoms with van der Waals surface area (Å²) >= 11 is 0. The second-order valence-corrected chi connectivity index (χ2v) is 3.49. The number of aromatic nitrogens is 1. The van der Waals surface area contributed by atoms with Gasteiger partial charge < -0.3 is 17.0 Å². The normalized spacial score (nSPS) is 10.0. The van der Waals surface area contributed by atoms with Crippen LogP contribution in [0.3, 0.4) is 0 Å². The van der Waals surface area contributed by atoms with Gasteiger partial charge in [-0.2, -0.15) is 4.57 Å². The third-order valence-corrected chi connectivity index (χ3v) is 2.26. The number of pyridine rings is 1. The van der Waals surface area contributed by atoms with Gasteiger partial charge >= 0.3 is 0 Å². The zero-order chi connectivity index (χ0) is 12.1. The van der Waals surface area contributed by atoms with Crippen LogP contribution in [-0.2, 0) is 0 Å². The molecule has 0 bridgehead atoms. The van der Waals surface area contributed by atoms with Crippen LogP contribution in [0.5, 0.6) is 0 Å². The van der Waals surface area contributed by atoms with E-state index >= 15 is 0 Å². The Kier molecular flexibility index (Phi) is 5.20. The van der Waals surface area contributed by atoms with Crippen molar-refractivity contribution < 1.29 is 26.5 Å². The van der Waals surface area contributed by atoms with Gasteiger partial charge in [0.25, 0.3) is 5.69 Å². The Bertz CT molecular complexity index is 556. The highest BCUT2D eigenvalue weighted by Gasteiger charge is 2.03. The summed E-state index contributed by atoms with van der Waals surface area (Å²) < 4.78 is 1.87. The van der Waals surface area contributed by atoms with E-state index in [1.807, 2.05) is 53.5 Å². The average molecular weight is 307 g/mol. The van der Waals surface area contributed by atoms with Gasteiger partial charge in [0.2, 0.25) is 0 Å². The van der Waals surface area contributed by atoms with Gasteiger partial charge in [0.05, 0.1) is 4.92 Å². The zero-order valence-corrected chi connectivity index (χ0v) is 11.0. The number of non-ortho nitro benzene ring substituents is 1. The molecule has 18 heavy (non-hydrogen) atoms. The van der Waals surface area contributed by atoms with Crippen LogP contribution in [-0.4, -0.2) is 4.92 Å². The smallest absolute Gasteiger partial charge is 0.270 e. The predicted octanol–water partition coefficient (Wildman–Crippen LogP) is -0.486. The maximum atomic E-state index is 10.6. The molecule has 0 saturated carbocycles. The van der Waals surface area contributed by atoms with Crippen LogP contribution in [0.25, 0.3) is 12.3 Å². The van der Waals surface area contributed by atoms with E-state index < -0.39 is 4.92 Å². The Labute approximate surface area is 115 Å². The molecular weight excluding hydrogens is 296 g/mol. The Morgan fingerprint density at radius 2 is 1.83 bits per heavy atom. The van der Waals surface area contributed by atoms with Crippen molar-refractivity contribution in [2.75, 3.05) is 0 Å². The van der Waals surface area contributed by atoms with E-state index in [-0.39, 0.29) is 22.7 Å². The van der Waals surface area contributed by atoms with Crippen LogP contribution >= 0.6 is 0 Å². The Hall–Kier alpha value is -2.01. The first-order valence-corrected chi connectivity index (χ1v) is 5.14. The Morgan fingerprint density at radius 1 is 1.11 bits per heavy atom. The van der Waals surface area contributed by atoms with Crippen LogP contribution in [0.2, 0.25) is 0 Å². The highest BCUT2D eigenvalue weighted by molar-refractivity contribution is 5.59. The maximum absolute atomic E-state index is 10.6. The number of halogens is 1. The molecule has 1 aromatic heterocycles. The minimum absolute atomic E-state index is 0. The molecule has 0 spiro atoms. The third kappa shape index (κ3) is 3.78. The number of nitro benzene ring substituents is 1. The molecule has 0 aliphatic heterocycles. The van der Waals surface area contributed by atoms with Gasteiger partial charge in [-0.05, 0) is 5.56 Å². The van der Waals surface area contributed by atoms with Crippen LogP contribution in [0.15, 0.2) is 54.9 Å². The van der Waals surface area contributed by atoms with E-state index in [2.05, 4.69) is 0 Å². The van der Waals surface area contributed by atoms with Crippen molar-refractivity contribution in [1.29, 1.82) is 0 Å². The molecule has 1 aromatic carbocycles. The lowest BCUT2D eigenvalue weighted by molar-refractivity contribution is -0.567. The third-order valence-electron chi connectivity index (χ3n) is 2.26. The van der Waals surface area contributed by atoms with Gasteiger partial charge in [0, 0.05) is 30.3 Å². The molecule has 0 aliphatic rings. The van der Waals surface area contributed by atoms with Crippen molar-refractivity contribution in [1.82, 2.24) is 0 Å². The van der Waals surface area contributed by atoms with Crippen molar-refractivity contribution in [2.24, 2.45) is 0 Å². The van der Waals surface area contributed by atoms with Crippen LogP contribution < -0.4 is 21.5 Å². The van der Waals surface area contributed by atoms with Gasteiger partial charge in [-0.25, -0.2) is 0 Å². The van der Waals surface area contributed by atoms with Crippen molar-refractivity contribution in [3.63, 3.8) is 0 Å². The van der Waals surface area contributed by atoms with E-state index in [0.29, 0.717) is 0 Å². The minimum Gasteiger partial charge on any atom is -1.00 e. The number of rotatable bonds is 3. The summed E-state index contributed by atoms with van der Waals surface area (Å²) in [6.45, 7) is 0. The topological polar surface area (TPSA) is 47.0 Å². The second kappa shape index (κ2) is 6.66. The fraction of sp³-hybridized carbons (Fsp3) is 0. The minimum atomic E-state index is -0.396. The molecule has 0 N–H and O–H groups in total. The fourth-order valence-electron chi connectivity index (χ4n) is 1.43. The lowest BCUT2D eigenvalue weighted by Gasteiger charge is -1.92. The summed E-state index contributed by atoms with van der Waals surface area (Å²) in [6.07, 6.45) is 7.47. The molecular formula is C13H11BrN2O2. The first kappa shape index (κ1) is 14.1. The molecule has 2 rings (SSSR count). The van der Waals surface area contributed by atoms with E-state index in [9.17, 15) is 10.1 Å². The van der Waals surface area contributed by atoms with E-state index in [4.69, 9.17) is 0 Å². The second-order valence-electron chi connectivity index (χ2n) is 3.49. The van der Waals surface area contributed by atoms with Crippen LogP contribution in [0, 0.1) is 10.1 Å². The number of nitrogens with zero attached hydrogens (tertiary/aromatic N) is 2. The van der Waals surface area contributed by atoms with E-state index in [1.54, 1.807) is 12.1 Å². The maximum Gasteiger partial charge on any atom is 0.270 e. The van der Waals surface area contributed by atoms with Crippen molar-refractivity contribution in [3.05, 3.63) is 70.5 Å². The Morgan fingerprint density at radius 3 is 2.50 bits per heavy atom. The zero-order valence-electron chi connectivity index (χ0n) is 9.44. The number of nitro groups is 1. The van der Waals surface area contributed by atoms with E-state index in [1.165, 1.54) is 6.07 Å². The molecule has 92 valence electrons. The molecule has 0 amide bonds. The quantitative estimate of drug-likeness (QED) is 0.437. The molecule has 0 atom stereocenters. The van der Waals surface area contributed by atoms with Crippen LogP contribution in [0.1, 0.15) is 5.56 Å². The van der Waals surface area contributed by atoms with Gasteiger partial charge in [-0.3, -0.25) is 10.1 Å². The van der Waals surface area contributed by atoms with Crippen LogP contribution in [0.4, 0.5) is 5.69 Å². The summed E-state index contributed by atoms with van der Waals surface area (Å²) in [7, 11) is 0. The van der Waals surface area contributed by atoms with Gasteiger partial charge in [0.1, 0.15) is 0 Å². The summed E-state index contributed by atoms with van der Waals surface area (Å²) in [4.78, 5) is 10.2. The molecule has 2 aromatic rings. The monoisotopic (exact) mass is 306 g/mol. The molecule has 4 nitrogen and oxygen atoms in total. The van der Waals surface area contributed by atoms with Gasteiger partial charge in [-0.15, -0.1) is 0 Å². The predicted molar refractivity (Wildman–Crippen MR) is 65.0 cm³/mol. The van der Waals surface area contributed by atoms with E-state index in [0.717, 1.165) is 5.56 Å². The van der Waals surface area contributed by atoms with Gasteiger partial charge in [-0.1, -0.05) is 18.2 Å². The molecule has 0 aliphatic carbocycles. The van der Waals surface area contributed by atoms with Crippen molar-refractivity contribution in [3.8, 4) is 0 Å².